The summed E-state index contributed by atoms with van der Waals surface area (Å²) in [5, 5.41) is 2.72. The molecule has 1 atom stereocenters. The number of esters is 1. The normalized spacial score (nSPS) is 23.7. The number of hydrogen-bond donors (Lipinski definition) is 1. The summed E-state index contributed by atoms with van der Waals surface area (Å²) in [6.45, 7) is 2.43. The van der Waals surface area contributed by atoms with Gasteiger partial charge < -0.3 is 15.0 Å². The van der Waals surface area contributed by atoms with Crippen molar-refractivity contribution in [2.45, 2.75) is 63.5 Å². The second-order valence-electron chi connectivity index (χ2n) is 7.13. The van der Waals surface area contributed by atoms with Crippen molar-refractivity contribution in [2.75, 3.05) is 19.6 Å². The molecule has 1 saturated carbocycles. The molecule has 3 rings (SSSR count). The summed E-state index contributed by atoms with van der Waals surface area (Å²) in [5.41, 5.74) is -0.841. The molecule has 8 heteroatoms. The Labute approximate surface area is 146 Å². The van der Waals surface area contributed by atoms with E-state index in [1.807, 2.05) is 0 Å². The fourth-order valence-electron chi connectivity index (χ4n) is 3.92. The van der Waals surface area contributed by atoms with Crippen LogP contribution < -0.4 is 5.32 Å². The van der Waals surface area contributed by atoms with Gasteiger partial charge in [-0.15, -0.1) is 0 Å². The van der Waals surface area contributed by atoms with Crippen molar-refractivity contribution in [2.24, 2.45) is 0 Å². The summed E-state index contributed by atoms with van der Waals surface area (Å²) in [6, 6.07) is -0.557. The lowest BCUT2D eigenvalue weighted by Gasteiger charge is -2.29. The van der Waals surface area contributed by atoms with Crippen LogP contribution in [0.4, 0.5) is 4.79 Å². The van der Waals surface area contributed by atoms with E-state index in [9.17, 15) is 19.2 Å². The van der Waals surface area contributed by atoms with Crippen molar-refractivity contribution in [1.82, 2.24) is 15.1 Å². The quantitative estimate of drug-likeness (QED) is 0.597. The van der Waals surface area contributed by atoms with E-state index < -0.39 is 30.2 Å². The van der Waals surface area contributed by atoms with E-state index in [2.05, 4.69) is 5.32 Å². The Morgan fingerprint density at radius 3 is 2.40 bits per heavy atom. The molecule has 0 aromatic carbocycles. The van der Waals surface area contributed by atoms with Crippen LogP contribution in [0.3, 0.4) is 0 Å². The third-order valence-corrected chi connectivity index (χ3v) is 5.31. The maximum absolute atomic E-state index is 12.5. The summed E-state index contributed by atoms with van der Waals surface area (Å²) in [5.74, 6) is -1.32. The van der Waals surface area contributed by atoms with Crippen molar-refractivity contribution >= 4 is 23.8 Å². The number of piperidine rings is 1. The monoisotopic (exact) mass is 351 g/mol. The van der Waals surface area contributed by atoms with E-state index in [1.165, 1.54) is 6.92 Å². The number of nitrogens with one attached hydrogen (secondary N) is 1. The first-order chi connectivity index (χ1) is 11.9. The summed E-state index contributed by atoms with van der Waals surface area (Å²) < 4.78 is 5.17. The molecule has 1 N–H and O–H groups in total. The highest BCUT2D eigenvalue weighted by Crippen LogP contribution is 2.34. The molecule has 8 nitrogen and oxygen atoms in total. The van der Waals surface area contributed by atoms with Gasteiger partial charge in [-0.05, 0) is 39.0 Å². The number of carbonyl (C=O) groups excluding carboxylic acids is 4. The Morgan fingerprint density at radius 2 is 1.76 bits per heavy atom. The van der Waals surface area contributed by atoms with Gasteiger partial charge in [0, 0.05) is 13.1 Å². The summed E-state index contributed by atoms with van der Waals surface area (Å²) >= 11 is 0. The van der Waals surface area contributed by atoms with Crippen LogP contribution in [0.25, 0.3) is 0 Å². The SMILES string of the molecule is C[C@H](OC(=O)CN1C(=O)NC2(CCCC2)C1=O)C(=O)N1CCCCC1. The third kappa shape index (κ3) is 3.48. The zero-order valence-electron chi connectivity index (χ0n) is 14.6. The lowest BCUT2D eigenvalue weighted by molar-refractivity contribution is -0.160. The summed E-state index contributed by atoms with van der Waals surface area (Å²) in [7, 11) is 0. The first-order valence-electron chi connectivity index (χ1n) is 9.05. The molecule has 2 aliphatic heterocycles. The molecule has 1 spiro atoms. The zero-order valence-corrected chi connectivity index (χ0v) is 14.6. The van der Waals surface area contributed by atoms with E-state index in [4.69, 9.17) is 4.74 Å². The van der Waals surface area contributed by atoms with Gasteiger partial charge in [0.05, 0.1) is 0 Å². The molecular weight excluding hydrogens is 326 g/mol. The average Bonchev–Trinajstić information content (AvgIpc) is 3.16. The van der Waals surface area contributed by atoms with E-state index in [1.54, 1.807) is 4.90 Å². The lowest BCUT2D eigenvalue weighted by Crippen LogP contribution is -2.45. The van der Waals surface area contributed by atoms with Crippen molar-refractivity contribution in [1.29, 1.82) is 0 Å². The van der Waals surface area contributed by atoms with Gasteiger partial charge in [0.15, 0.2) is 6.10 Å². The number of ether oxygens (including phenoxy) is 1. The highest BCUT2D eigenvalue weighted by atomic mass is 16.5. The van der Waals surface area contributed by atoms with Crippen LogP contribution in [-0.2, 0) is 19.1 Å². The van der Waals surface area contributed by atoms with E-state index in [0.717, 1.165) is 37.0 Å². The van der Waals surface area contributed by atoms with Crippen molar-refractivity contribution < 1.29 is 23.9 Å². The standard InChI is InChI=1S/C17H25N3O5/c1-12(14(22)19-9-5-2-6-10-19)25-13(21)11-20-15(23)17(18-16(20)24)7-3-4-8-17/h12H,2-11H2,1H3,(H,18,24)/t12-/m0/s1. The molecule has 2 heterocycles. The fourth-order valence-corrected chi connectivity index (χ4v) is 3.92. The number of imide groups is 1. The van der Waals surface area contributed by atoms with Gasteiger partial charge in [0.25, 0.3) is 11.8 Å². The van der Waals surface area contributed by atoms with E-state index >= 15 is 0 Å². The Hall–Kier alpha value is -2.12. The molecule has 0 aromatic rings. The van der Waals surface area contributed by atoms with Crippen LogP contribution in [0, 0.1) is 0 Å². The van der Waals surface area contributed by atoms with Crippen LogP contribution in [-0.4, -0.2) is 64.9 Å². The maximum Gasteiger partial charge on any atom is 0.327 e. The topological polar surface area (TPSA) is 96.0 Å². The van der Waals surface area contributed by atoms with Gasteiger partial charge >= 0.3 is 12.0 Å². The minimum absolute atomic E-state index is 0.225. The average molecular weight is 351 g/mol. The Balaban J connectivity index is 1.54. The number of hydrogen-bond acceptors (Lipinski definition) is 5. The van der Waals surface area contributed by atoms with Crippen molar-refractivity contribution in [3.05, 3.63) is 0 Å². The number of rotatable bonds is 4. The minimum atomic E-state index is -0.910. The lowest BCUT2D eigenvalue weighted by atomic mass is 9.98. The third-order valence-electron chi connectivity index (χ3n) is 5.31. The number of amides is 4. The number of likely N-dealkylation sites (tertiary alicyclic amines) is 1. The molecule has 4 amide bonds. The molecule has 3 fully saturated rings. The molecule has 0 radical (unpaired) electrons. The van der Waals surface area contributed by atoms with E-state index in [-0.39, 0.29) is 11.8 Å². The highest BCUT2D eigenvalue weighted by Gasteiger charge is 2.52. The molecule has 2 saturated heterocycles. The van der Waals surface area contributed by atoms with Gasteiger partial charge in [-0.25, -0.2) is 4.79 Å². The van der Waals surface area contributed by atoms with E-state index in [0.29, 0.717) is 25.9 Å². The minimum Gasteiger partial charge on any atom is -0.451 e. The molecule has 25 heavy (non-hydrogen) atoms. The molecule has 1 aliphatic carbocycles. The second-order valence-corrected chi connectivity index (χ2v) is 7.13. The van der Waals surface area contributed by atoms with Gasteiger partial charge in [0.1, 0.15) is 12.1 Å². The Bertz CT molecular complexity index is 579. The summed E-state index contributed by atoms with van der Waals surface area (Å²) in [4.78, 5) is 51.6. The fraction of sp³-hybridized carbons (Fsp3) is 0.765. The zero-order chi connectivity index (χ0) is 18.0. The Kier molecular flexibility index (Phi) is 4.96. The first-order valence-corrected chi connectivity index (χ1v) is 9.05. The van der Waals surface area contributed by atoms with Crippen molar-refractivity contribution in [3.8, 4) is 0 Å². The van der Waals surface area contributed by atoms with Crippen LogP contribution >= 0.6 is 0 Å². The van der Waals surface area contributed by atoms with Gasteiger partial charge in [-0.3, -0.25) is 19.3 Å². The maximum atomic E-state index is 12.5. The Morgan fingerprint density at radius 1 is 1.12 bits per heavy atom. The largest absolute Gasteiger partial charge is 0.451 e. The molecule has 138 valence electrons. The predicted molar refractivity (Wildman–Crippen MR) is 87.4 cm³/mol. The number of carbonyl (C=O) groups is 4. The van der Waals surface area contributed by atoms with Crippen LogP contribution in [0.2, 0.25) is 0 Å². The van der Waals surface area contributed by atoms with Gasteiger partial charge in [-0.2, -0.15) is 0 Å². The second kappa shape index (κ2) is 7.01. The van der Waals surface area contributed by atoms with Gasteiger partial charge in [-0.1, -0.05) is 12.8 Å². The number of nitrogens with zero attached hydrogens (tertiary/aromatic N) is 2. The molecule has 0 unspecified atom stereocenters. The highest BCUT2D eigenvalue weighted by molar-refractivity contribution is 6.08. The molecule has 0 bridgehead atoms. The molecule has 0 aromatic heterocycles. The van der Waals surface area contributed by atoms with Crippen molar-refractivity contribution in [3.63, 3.8) is 0 Å². The first kappa shape index (κ1) is 17.7. The molecular formula is C17H25N3O5. The summed E-state index contributed by atoms with van der Waals surface area (Å²) in [6.07, 6.45) is 5.07. The number of urea groups is 1. The molecule has 3 aliphatic rings. The van der Waals surface area contributed by atoms with Crippen LogP contribution in [0.15, 0.2) is 0 Å². The van der Waals surface area contributed by atoms with Gasteiger partial charge in [0.2, 0.25) is 0 Å². The smallest absolute Gasteiger partial charge is 0.327 e. The predicted octanol–water partition coefficient (Wildman–Crippen LogP) is 0.795. The van der Waals surface area contributed by atoms with Crippen LogP contribution in [0.5, 0.6) is 0 Å². The van der Waals surface area contributed by atoms with Crippen LogP contribution in [0.1, 0.15) is 51.9 Å².